The first kappa shape index (κ1) is 20.3. The Hall–Kier alpha value is -0.730. The normalized spacial score (nSPS) is 31.1. The SMILES string of the molecule is CCCCCCCCO[C@H]1O[C@H](COC(C)=O)[C@H](O)[C@H](O)[C@H]1O. The highest BCUT2D eigenvalue weighted by molar-refractivity contribution is 5.65. The predicted molar refractivity (Wildman–Crippen MR) is 82.6 cm³/mol. The second-order valence-electron chi connectivity index (χ2n) is 5.96. The lowest BCUT2D eigenvalue weighted by Gasteiger charge is -2.39. The van der Waals surface area contributed by atoms with Gasteiger partial charge in [-0.3, -0.25) is 4.79 Å². The van der Waals surface area contributed by atoms with E-state index < -0.39 is 36.7 Å². The van der Waals surface area contributed by atoms with Crippen molar-refractivity contribution in [3.63, 3.8) is 0 Å². The lowest BCUT2D eigenvalue weighted by atomic mass is 9.99. The van der Waals surface area contributed by atoms with Crippen LogP contribution in [0.25, 0.3) is 0 Å². The highest BCUT2D eigenvalue weighted by Gasteiger charge is 2.44. The Morgan fingerprint density at radius 1 is 1.00 bits per heavy atom. The van der Waals surface area contributed by atoms with E-state index >= 15 is 0 Å². The summed E-state index contributed by atoms with van der Waals surface area (Å²) in [5.74, 6) is -0.508. The fourth-order valence-corrected chi connectivity index (χ4v) is 2.47. The van der Waals surface area contributed by atoms with Gasteiger partial charge in [-0.25, -0.2) is 0 Å². The van der Waals surface area contributed by atoms with Gasteiger partial charge in [0.2, 0.25) is 0 Å². The van der Waals surface area contributed by atoms with E-state index in [-0.39, 0.29) is 6.61 Å². The van der Waals surface area contributed by atoms with Crippen LogP contribution in [0.1, 0.15) is 52.4 Å². The fourth-order valence-electron chi connectivity index (χ4n) is 2.47. The van der Waals surface area contributed by atoms with Crippen molar-refractivity contribution in [2.75, 3.05) is 13.2 Å². The minimum atomic E-state index is -1.40. The summed E-state index contributed by atoms with van der Waals surface area (Å²) < 4.78 is 15.7. The molecule has 1 heterocycles. The summed E-state index contributed by atoms with van der Waals surface area (Å²) in [5, 5.41) is 29.6. The van der Waals surface area contributed by atoms with Gasteiger partial charge in [0.15, 0.2) is 6.29 Å². The van der Waals surface area contributed by atoms with Crippen LogP contribution in [0.3, 0.4) is 0 Å². The Balaban J connectivity index is 2.33. The Morgan fingerprint density at radius 3 is 2.30 bits per heavy atom. The maximum absolute atomic E-state index is 10.8. The van der Waals surface area contributed by atoms with Gasteiger partial charge in [-0.2, -0.15) is 0 Å². The summed E-state index contributed by atoms with van der Waals surface area (Å²) in [4.78, 5) is 10.8. The van der Waals surface area contributed by atoms with Crippen LogP contribution in [0.15, 0.2) is 0 Å². The number of unbranched alkanes of at least 4 members (excludes halogenated alkanes) is 5. The van der Waals surface area contributed by atoms with Gasteiger partial charge in [0, 0.05) is 13.5 Å². The number of hydrogen-bond donors (Lipinski definition) is 3. The maximum Gasteiger partial charge on any atom is 0.302 e. The molecule has 7 heteroatoms. The third-order valence-corrected chi connectivity index (χ3v) is 3.90. The van der Waals surface area contributed by atoms with E-state index in [1.165, 1.54) is 26.2 Å². The van der Waals surface area contributed by atoms with Crippen LogP contribution in [-0.2, 0) is 19.0 Å². The van der Waals surface area contributed by atoms with E-state index in [1.54, 1.807) is 0 Å². The second kappa shape index (κ2) is 10.9. The zero-order chi connectivity index (χ0) is 17.2. The molecule has 1 fully saturated rings. The molecular formula is C16H30O7. The molecule has 1 aliphatic heterocycles. The van der Waals surface area contributed by atoms with Gasteiger partial charge < -0.3 is 29.5 Å². The van der Waals surface area contributed by atoms with Crippen molar-refractivity contribution in [2.24, 2.45) is 0 Å². The molecule has 1 rings (SSSR count). The highest BCUT2D eigenvalue weighted by Crippen LogP contribution is 2.22. The Bertz CT molecular complexity index is 336. The van der Waals surface area contributed by atoms with E-state index in [1.807, 2.05) is 0 Å². The first-order chi connectivity index (χ1) is 11.0. The largest absolute Gasteiger partial charge is 0.463 e. The minimum Gasteiger partial charge on any atom is -0.463 e. The maximum atomic E-state index is 10.8. The van der Waals surface area contributed by atoms with E-state index in [0.29, 0.717) is 6.61 Å². The predicted octanol–water partition coefficient (Wildman–Crippen LogP) is 0.734. The molecule has 136 valence electrons. The van der Waals surface area contributed by atoms with Crippen molar-refractivity contribution < 1.29 is 34.3 Å². The van der Waals surface area contributed by atoms with Crippen molar-refractivity contribution >= 4 is 5.97 Å². The molecule has 0 aromatic carbocycles. The van der Waals surface area contributed by atoms with Crippen LogP contribution in [0.2, 0.25) is 0 Å². The lowest BCUT2D eigenvalue weighted by molar-refractivity contribution is -0.301. The van der Waals surface area contributed by atoms with E-state index in [9.17, 15) is 20.1 Å². The van der Waals surface area contributed by atoms with Crippen molar-refractivity contribution in [2.45, 2.75) is 83.1 Å². The topological polar surface area (TPSA) is 105 Å². The minimum absolute atomic E-state index is 0.197. The van der Waals surface area contributed by atoms with Crippen LogP contribution < -0.4 is 0 Å². The van der Waals surface area contributed by atoms with Gasteiger partial charge in [0.05, 0.1) is 0 Å². The first-order valence-corrected chi connectivity index (χ1v) is 8.42. The highest BCUT2D eigenvalue weighted by atomic mass is 16.7. The molecule has 1 aliphatic rings. The molecule has 3 N–H and O–H groups in total. The van der Waals surface area contributed by atoms with Crippen LogP contribution in [0.5, 0.6) is 0 Å². The van der Waals surface area contributed by atoms with Gasteiger partial charge in [0.1, 0.15) is 31.0 Å². The molecule has 1 saturated heterocycles. The molecule has 0 spiro atoms. The molecule has 23 heavy (non-hydrogen) atoms. The summed E-state index contributed by atoms with van der Waals surface area (Å²) in [6.07, 6.45) is 0.604. The van der Waals surface area contributed by atoms with Crippen molar-refractivity contribution in [1.82, 2.24) is 0 Å². The Labute approximate surface area is 137 Å². The third-order valence-electron chi connectivity index (χ3n) is 3.90. The van der Waals surface area contributed by atoms with E-state index in [4.69, 9.17) is 14.2 Å². The van der Waals surface area contributed by atoms with Crippen LogP contribution in [0.4, 0.5) is 0 Å². The summed E-state index contributed by atoms with van der Waals surface area (Å²) in [5.41, 5.74) is 0. The number of aliphatic hydroxyl groups excluding tert-OH is 3. The molecule has 0 bridgehead atoms. The molecule has 0 unspecified atom stereocenters. The molecule has 0 aromatic rings. The zero-order valence-corrected chi connectivity index (χ0v) is 14.0. The molecule has 0 aromatic heterocycles. The summed E-state index contributed by atoms with van der Waals surface area (Å²) in [6, 6.07) is 0. The Morgan fingerprint density at radius 2 is 1.65 bits per heavy atom. The van der Waals surface area contributed by atoms with Gasteiger partial charge in [-0.05, 0) is 6.42 Å². The molecular weight excluding hydrogens is 304 g/mol. The number of carbonyl (C=O) groups excluding carboxylic acids is 1. The molecule has 0 aliphatic carbocycles. The molecule has 0 radical (unpaired) electrons. The van der Waals surface area contributed by atoms with E-state index in [0.717, 1.165) is 19.3 Å². The average molecular weight is 334 g/mol. The van der Waals surface area contributed by atoms with Crippen molar-refractivity contribution in [1.29, 1.82) is 0 Å². The molecule has 5 atom stereocenters. The number of carbonyl (C=O) groups is 1. The summed E-state index contributed by atoms with van der Waals surface area (Å²) in [6.45, 7) is 3.61. The smallest absolute Gasteiger partial charge is 0.302 e. The van der Waals surface area contributed by atoms with Gasteiger partial charge in [0.25, 0.3) is 0 Å². The number of ether oxygens (including phenoxy) is 3. The molecule has 0 amide bonds. The van der Waals surface area contributed by atoms with Crippen molar-refractivity contribution in [3.8, 4) is 0 Å². The number of aliphatic hydroxyl groups is 3. The van der Waals surface area contributed by atoms with Gasteiger partial charge in [-0.15, -0.1) is 0 Å². The average Bonchev–Trinajstić information content (AvgIpc) is 2.52. The van der Waals surface area contributed by atoms with Gasteiger partial charge >= 0.3 is 5.97 Å². The number of hydrogen-bond acceptors (Lipinski definition) is 7. The monoisotopic (exact) mass is 334 g/mol. The molecule has 0 saturated carbocycles. The number of esters is 1. The summed E-state index contributed by atoms with van der Waals surface area (Å²) in [7, 11) is 0. The van der Waals surface area contributed by atoms with Gasteiger partial charge in [-0.1, -0.05) is 39.0 Å². The second-order valence-corrected chi connectivity index (χ2v) is 5.96. The quantitative estimate of drug-likeness (QED) is 0.399. The zero-order valence-electron chi connectivity index (χ0n) is 14.0. The summed E-state index contributed by atoms with van der Waals surface area (Å²) >= 11 is 0. The van der Waals surface area contributed by atoms with Crippen LogP contribution in [0, 0.1) is 0 Å². The standard InChI is InChI=1S/C16H30O7/c1-3-4-5-6-7-8-9-21-16-15(20)14(19)13(18)12(23-16)10-22-11(2)17/h12-16,18-20H,3-10H2,1-2H3/t12-,13+,14+,15-,16+/m1/s1. The lowest BCUT2D eigenvalue weighted by Crippen LogP contribution is -2.59. The molecule has 7 nitrogen and oxygen atoms in total. The fraction of sp³-hybridized carbons (Fsp3) is 0.938. The first-order valence-electron chi connectivity index (χ1n) is 8.42. The van der Waals surface area contributed by atoms with Crippen LogP contribution >= 0.6 is 0 Å². The van der Waals surface area contributed by atoms with E-state index in [2.05, 4.69) is 6.92 Å². The Kier molecular flexibility index (Phi) is 9.66. The third kappa shape index (κ3) is 7.14. The van der Waals surface area contributed by atoms with Crippen LogP contribution in [-0.4, -0.2) is 65.2 Å². The number of rotatable bonds is 10. The van der Waals surface area contributed by atoms with Crippen molar-refractivity contribution in [3.05, 3.63) is 0 Å².